The maximum absolute atomic E-state index is 11.1. The van der Waals surface area contributed by atoms with Crippen LogP contribution in [0.4, 0.5) is 0 Å². The number of phenolic OH excluding ortho intramolecular Hbond substituents is 1. The molecule has 5 nitrogen and oxygen atoms in total. The molecule has 0 saturated carbocycles. The number of nitrogens with zero attached hydrogens (tertiary/aromatic N) is 1. The van der Waals surface area contributed by atoms with Crippen molar-refractivity contribution in [1.82, 2.24) is 9.88 Å². The lowest BCUT2D eigenvalue weighted by Gasteiger charge is -2.33. The molecule has 3 N–H and O–H groups in total. The van der Waals surface area contributed by atoms with Crippen LogP contribution in [0.2, 0.25) is 0 Å². The number of nitrogens with one attached hydrogen (secondary N) is 1. The molecule has 150 valence electrons. The first kappa shape index (κ1) is 19.3. The zero-order valence-electron chi connectivity index (χ0n) is 16.3. The highest BCUT2D eigenvalue weighted by atomic mass is 16.4. The smallest absolute Gasteiger partial charge is 0.335 e. The van der Waals surface area contributed by atoms with Crippen molar-refractivity contribution in [2.45, 2.75) is 31.7 Å². The van der Waals surface area contributed by atoms with Crippen LogP contribution in [0.25, 0.3) is 10.9 Å². The van der Waals surface area contributed by atoms with E-state index in [2.05, 4.69) is 28.1 Å². The highest BCUT2D eigenvalue weighted by Crippen LogP contribution is 2.30. The molecule has 2 heterocycles. The number of benzene rings is 2. The molecule has 0 aliphatic carbocycles. The van der Waals surface area contributed by atoms with Gasteiger partial charge in [0.25, 0.3) is 0 Å². The molecule has 29 heavy (non-hydrogen) atoms. The highest BCUT2D eigenvalue weighted by Gasteiger charge is 2.21. The molecule has 5 heteroatoms. The summed E-state index contributed by atoms with van der Waals surface area (Å²) in [6.07, 6.45) is 10.5. The number of carbonyl (C=O) groups is 1. The second-order valence-electron chi connectivity index (χ2n) is 7.65. The SMILES string of the molecule is O=C(O)c1ccc2c(CCCCN3CC=CCC3c3cccc(O)c3)c[nH]c2c1. The van der Waals surface area contributed by atoms with Crippen LogP contribution in [-0.4, -0.2) is 39.2 Å². The van der Waals surface area contributed by atoms with E-state index in [0.29, 0.717) is 17.4 Å². The maximum atomic E-state index is 11.1. The third kappa shape index (κ3) is 4.35. The molecule has 0 spiro atoms. The molecule has 0 radical (unpaired) electrons. The van der Waals surface area contributed by atoms with E-state index < -0.39 is 5.97 Å². The van der Waals surface area contributed by atoms with Gasteiger partial charge in [0.2, 0.25) is 0 Å². The highest BCUT2D eigenvalue weighted by molar-refractivity contribution is 5.94. The van der Waals surface area contributed by atoms with Crippen LogP contribution in [0.15, 0.2) is 60.8 Å². The number of fused-ring (bicyclic) bond motifs is 1. The van der Waals surface area contributed by atoms with Gasteiger partial charge < -0.3 is 15.2 Å². The van der Waals surface area contributed by atoms with E-state index in [1.165, 1.54) is 11.1 Å². The fourth-order valence-corrected chi connectivity index (χ4v) is 4.19. The van der Waals surface area contributed by atoms with Crippen LogP contribution in [-0.2, 0) is 6.42 Å². The number of rotatable bonds is 7. The number of carboxylic acids is 1. The number of carboxylic acid groups (broad SMARTS) is 1. The number of aryl methyl sites for hydroxylation is 1. The molecule has 0 amide bonds. The molecule has 4 rings (SSSR count). The van der Waals surface area contributed by atoms with Gasteiger partial charge in [-0.15, -0.1) is 0 Å². The molecule has 3 aromatic rings. The van der Waals surface area contributed by atoms with Gasteiger partial charge in [0.1, 0.15) is 5.75 Å². The van der Waals surface area contributed by atoms with Gasteiger partial charge in [-0.1, -0.05) is 30.4 Å². The number of hydrogen-bond acceptors (Lipinski definition) is 3. The van der Waals surface area contributed by atoms with Crippen molar-refractivity contribution in [3.05, 3.63) is 77.5 Å². The van der Waals surface area contributed by atoms with E-state index in [0.717, 1.165) is 49.7 Å². The third-order valence-corrected chi connectivity index (χ3v) is 5.72. The number of aromatic amines is 1. The number of aromatic carboxylic acids is 1. The van der Waals surface area contributed by atoms with Gasteiger partial charge in [-0.25, -0.2) is 4.79 Å². The Kier molecular flexibility index (Phi) is 5.67. The van der Waals surface area contributed by atoms with E-state index in [1.807, 2.05) is 24.4 Å². The van der Waals surface area contributed by atoms with Gasteiger partial charge in [-0.3, -0.25) is 4.90 Å². The average Bonchev–Trinajstić information content (AvgIpc) is 3.14. The summed E-state index contributed by atoms with van der Waals surface area (Å²) in [6, 6.07) is 13.2. The summed E-state index contributed by atoms with van der Waals surface area (Å²) in [5, 5.41) is 20.0. The van der Waals surface area contributed by atoms with E-state index in [9.17, 15) is 9.90 Å². The first-order chi connectivity index (χ1) is 14.1. The molecule has 2 aromatic carbocycles. The zero-order valence-corrected chi connectivity index (χ0v) is 16.3. The van der Waals surface area contributed by atoms with Gasteiger partial charge in [-0.2, -0.15) is 0 Å². The Hall–Kier alpha value is -3.05. The summed E-state index contributed by atoms with van der Waals surface area (Å²) in [4.78, 5) is 16.8. The van der Waals surface area contributed by atoms with E-state index in [4.69, 9.17) is 5.11 Å². The first-order valence-corrected chi connectivity index (χ1v) is 10.1. The summed E-state index contributed by atoms with van der Waals surface area (Å²) in [5.74, 6) is -0.581. The van der Waals surface area contributed by atoms with Crippen molar-refractivity contribution in [3.8, 4) is 5.75 Å². The fourth-order valence-electron chi connectivity index (χ4n) is 4.19. The molecule has 1 atom stereocenters. The van der Waals surface area contributed by atoms with Crippen molar-refractivity contribution in [2.24, 2.45) is 0 Å². The van der Waals surface area contributed by atoms with Crippen LogP contribution in [0, 0.1) is 0 Å². The lowest BCUT2D eigenvalue weighted by molar-refractivity contribution is 0.0697. The largest absolute Gasteiger partial charge is 0.508 e. The number of unbranched alkanes of at least 4 members (excludes halogenated alkanes) is 1. The Bertz CT molecular complexity index is 1040. The molecule has 1 aliphatic heterocycles. The Labute approximate surface area is 170 Å². The Morgan fingerprint density at radius 3 is 2.86 bits per heavy atom. The normalized spacial score (nSPS) is 17.0. The molecule has 1 aliphatic rings. The molecule has 1 unspecified atom stereocenters. The van der Waals surface area contributed by atoms with Crippen LogP contribution < -0.4 is 0 Å². The summed E-state index contributed by atoms with van der Waals surface area (Å²) < 4.78 is 0. The van der Waals surface area contributed by atoms with Gasteiger partial charge in [-0.05, 0) is 67.6 Å². The standard InChI is InChI=1S/C24H26N2O3/c27-20-8-5-7-17(14-20)23-9-2-4-13-26(23)12-3-1-6-19-16-25-22-15-18(24(28)29)10-11-21(19)22/h2,4-5,7-8,10-11,14-16,23,25,27H,1,3,6,9,12-13H2,(H,28,29). The predicted molar refractivity (Wildman–Crippen MR) is 114 cm³/mol. The number of aromatic nitrogens is 1. The summed E-state index contributed by atoms with van der Waals surface area (Å²) >= 11 is 0. The first-order valence-electron chi connectivity index (χ1n) is 10.1. The Balaban J connectivity index is 1.35. The van der Waals surface area contributed by atoms with Gasteiger partial charge >= 0.3 is 5.97 Å². The van der Waals surface area contributed by atoms with Crippen LogP contribution in [0.1, 0.15) is 46.8 Å². The lowest BCUT2D eigenvalue weighted by Crippen LogP contribution is -2.32. The van der Waals surface area contributed by atoms with Crippen molar-refractivity contribution >= 4 is 16.9 Å². The molecule has 1 aromatic heterocycles. The number of hydrogen-bond donors (Lipinski definition) is 3. The molecular formula is C24H26N2O3. The molecular weight excluding hydrogens is 364 g/mol. The Morgan fingerprint density at radius 1 is 1.14 bits per heavy atom. The molecule has 0 fully saturated rings. The molecule has 0 bridgehead atoms. The number of phenols is 1. The topological polar surface area (TPSA) is 76.6 Å². The zero-order chi connectivity index (χ0) is 20.2. The van der Waals surface area contributed by atoms with Gasteiger partial charge in [0, 0.05) is 29.7 Å². The second-order valence-corrected chi connectivity index (χ2v) is 7.65. The monoisotopic (exact) mass is 390 g/mol. The Morgan fingerprint density at radius 2 is 2.03 bits per heavy atom. The van der Waals surface area contributed by atoms with Crippen molar-refractivity contribution in [2.75, 3.05) is 13.1 Å². The second kappa shape index (κ2) is 8.53. The quantitative estimate of drug-likeness (QED) is 0.396. The van der Waals surface area contributed by atoms with E-state index in [-0.39, 0.29) is 0 Å². The number of aromatic hydroxyl groups is 1. The van der Waals surface area contributed by atoms with Crippen LogP contribution >= 0.6 is 0 Å². The van der Waals surface area contributed by atoms with Crippen molar-refractivity contribution in [3.63, 3.8) is 0 Å². The van der Waals surface area contributed by atoms with Crippen molar-refractivity contribution < 1.29 is 15.0 Å². The minimum atomic E-state index is -0.903. The maximum Gasteiger partial charge on any atom is 0.335 e. The average molecular weight is 390 g/mol. The summed E-state index contributed by atoms with van der Waals surface area (Å²) in [5.41, 5.74) is 3.59. The van der Waals surface area contributed by atoms with Crippen molar-refractivity contribution in [1.29, 1.82) is 0 Å². The van der Waals surface area contributed by atoms with Gasteiger partial charge in [0.05, 0.1) is 5.56 Å². The van der Waals surface area contributed by atoms with E-state index in [1.54, 1.807) is 18.2 Å². The van der Waals surface area contributed by atoms with Gasteiger partial charge in [0.15, 0.2) is 0 Å². The van der Waals surface area contributed by atoms with Crippen LogP contribution in [0.3, 0.4) is 0 Å². The van der Waals surface area contributed by atoms with Crippen LogP contribution in [0.5, 0.6) is 5.75 Å². The molecule has 0 saturated heterocycles. The minimum Gasteiger partial charge on any atom is -0.508 e. The summed E-state index contributed by atoms with van der Waals surface area (Å²) in [6.45, 7) is 1.95. The fraction of sp³-hybridized carbons (Fsp3) is 0.292. The number of H-pyrrole nitrogens is 1. The summed E-state index contributed by atoms with van der Waals surface area (Å²) in [7, 11) is 0. The predicted octanol–water partition coefficient (Wildman–Crippen LogP) is 4.90. The van der Waals surface area contributed by atoms with E-state index >= 15 is 0 Å². The minimum absolute atomic E-state index is 0.307. The lowest BCUT2D eigenvalue weighted by atomic mass is 9.98. The third-order valence-electron chi connectivity index (χ3n) is 5.72.